The molecule has 2 aliphatic heterocycles. The summed E-state index contributed by atoms with van der Waals surface area (Å²) in [4.78, 5) is 14.3. The van der Waals surface area contributed by atoms with Gasteiger partial charge in [0.2, 0.25) is 15.9 Å². The van der Waals surface area contributed by atoms with Gasteiger partial charge in [-0.15, -0.1) is 11.8 Å². The van der Waals surface area contributed by atoms with Crippen molar-refractivity contribution in [2.45, 2.75) is 17.7 Å². The predicted octanol–water partition coefficient (Wildman–Crippen LogP) is 2.03. The van der Waals surface area contributed by atoms with E-state index in [0.29, 0.717) is 25.9 Å². The Morgan fingerprint density at radius 3 is 2.46 bits per heavy atom. The molecule has 1 aromatic carbocycles. The molecule has 0 radical (unpaired) electrons. The topological polar surface area (TPSA) is 57.7 Å². The van der Waals surface area contributed by atoms with Crippen molar-refractivity contribution in [3.8, 4) is 0 Å². The molecule has 2 fully saturated rings. The number of benzene rings is 1. The fourth-order valence-electron chi connectivity index (χ4n) is 3.32. The van der Waals surface area contributed by atoms with E-state index in [1.807, 2.05) is 41.3 Å². The summed E-state index contributed by atoms with van der Waals surface area (Å²) in [6.45, 7) is 1.69. The van der Waals surface area contributed by atoms with Crippen LogP contribution in [-0.4, -0.2) is 60.0 Å². The normalized spacial score (nSPS) is 21.6. The van der Waals surface area contributed by atoms with Crippen LogP contribution in [0.15, 0.2) is 36.4 Å². The molecule has 0 aliphatic carbocycles. The zero-order chi connectivity index (χ0) is 17.2. The zero-order valence-electron chi connectivity index (χ0n) is 13.7. The van der Waals surface area contributed by atoms with E-state index < -0.39 is 10.0 Å². The van der Waals surface area contributed by atoms with Gasteiger partial charge < -0.3 is 4.90 Å². The second kappa shape index (κ2) is 6.90. The van der Waals surface area contributed by atoms with E-state index >= 15 is 0 Å². The monoisotopic (exact) mass is 366 g/mol. The number of carbonyl (C=O) groups excluding carboxylic acids is 1. The lowest BCUT2D eigenvalue weighted by molar-refractivity contribution is -0.129. The van der Waals surface area contributed by atoms with Crippen molar-refractivity contribution >= 4 is 33.8 Å². The van der Waals surface area contributed by atoms with Crippen LogP contribution in [0.2, 0.25) is 0 Å². The van der Waals surface area contributed by atoms with Crippen molar-refractivity contribution in [3.05, 3.63) is 42.0 Å². The van der Waals surface area contributed by atoms with E-state index in [1.54, 1.807) is 17.8 Å². The third kappa shape index (κ3) is 3.68. The maximum Gasteiger partial charge on any atom is 0.247 e. The van der Waals surface area contributed by atoms with Gasteiger partial charge in [-0.3, -0.25) is 4.79 Å². The Morgan fingerprint density at radius 2 is 1.83 bits per heavy atom. The number of carbonyl (C=O) groups is 1. The van der Waals surface area contributed by atoms with Gasteiger partial charge in [-0.1, -0.05) is 30.3 Å². The van der Waals surface area contributed by atoms with Gasteiger partial charge in [0.05, 0.1) is 11.1 Å². The Balaban J connectivity index is 1.70. The van der Waals surface area contributed by atoms with Crippen molar-refractivity contribution in [3.63, 3.8) is 0 Å². The number of thioether (sulfide) groups is 1. The quantitative estimate of drug-likeness (QED) is 0.768. The molecule has 130 valence electrons. The first kappa shape index (κ1) is 17.5. The lowest BCUT2D eigenvalue weighted by atomic mass is 10.0. The summed E-state index contributed by atoms with van der Waals surface area (Å²) in [5.74, 6) is 0.917. The number of sulfonamides is 1. The molecule has 0 bridgehead atoms. The number of hydrogen-bond acceptors (Lipinski definition) is 4. The van der Waals surface area contributed by atoms with Crippen LogP contribution in [0.4, 0.5) is 0 Å². The molecule has 7 heteroatoms. The third-order valence-electron chi connectivity index (χ3n) is 4.63. The average molecular weight is 367 g/mol. The highest BCUT2D eigenvalue weighted by Gasteiger charge is 2.46. The van der Waals surface area contributed by atoms with E-state index in [0.717, 1.165) is 17.9 Å². The summed E-state index contributed by atoms with van der Waals surface area (Å²) in [6.07, 6.45) is 6.10. The molecule has 0 saturated carbocycles. The summed E-state index contributed by atoms with van der Waals surface area (Å²) in [5, 5.41) is 0. The second-order valence-electron chi connectivity index (χ2n) is 6.19. The van der Waals surface area contributed by atoms with Gasteiger partial charge in [-0.25, -0.2) is 12.7 Å². The van der Waals surface area contributed by atoms with Crippen LogP contribution in [-0.2, 0) is 14.8 Å². The highest BCUT2D eigenvalue weighted by atomic mass is 32.2. The molecule has 2 saturated heterocycles. The van der Waals surface area contributed by atoms with Crippen molar-refractivity contribution in [1.29, 1.82) is 0 Å². The Labute approximate surface area is 147 Å². The number of nitrogens with zero attached hydrogens (tertiary/aromatic N) is 2. The summed E-state index contributed by atoms with van der Waals surface area (Å²) < 4.78 is 24.9. The number of amides is 1. The van der Waals surface area contributed by atoms with Crippen LogP contribution in [0, 0.1) is 0 Å². The zero-order valence-corrected chi connectivity index (χ0v) is 15.4. The van der Waals surface area contributed by atoms with Gasteiger partial charge in [0.25, 0.3) is 0 Å². The van der Waals surface area contributed by atoms with Gasteiger partial charge in [0, 0.05) is 31.5 Å². The van der Waals surface area contributed by atoms with Gasteiger partial charge in [-0.05, 0) is 24.5 Å². The maximum atomic E-state index is 12.7. The molecule has 1 spiro atoms. The van der Waals surface area contributed by atoms with Crippen molar-refractivity contribution < 1.29 is 13.2 Å². The minimum Gasteiger partial charge on any atom is -0.324 e. The lowest BCUT2D eigenvalue weighted by Gasteiger charge is -2.43. The molecule has 0 aromatic heterocycles. The molecule has 24 heavy (non-hydrogen) atoms. The second-order valence-corrected chi connectivity index (χ2v) is 9.63. The highest BCUT2D eigenvalue weighted by molar-refractivity contribution is 8.00. The Morgan fingerprint density at radius 1 is 1.17 bits per heavy atom. The van der Waals surface area contributed by atoms with E-state index in [-0.39, 0.29) is 10.8 Å². The first-order chi connectivity index (χ1) is 11.4. The van der Waals surface area contributed by atoms with Crippen LogP contribution >= 0.6 is 11.8 Å². The van der Waals surface area contributed by atoms with Gasteiger partial charge in [-0.2, -0.15) is 0 Å². The van der Waals surface area contributed by atoms with E-state index in [1.165, 1.54) is 10.6 Å². The summed E-state index contributed by atoms with van der Waals surface area (Å²) >= 11 is 1.79. The Bertz CT molecular complexity index is 723. The smallest absolute Gasteiger partial charge is 0.247 e. The molecule has 0 unspecified atom stereocenters. The Kier molecular flexibility index (Phi) is 5.03. The highest BCUT2D eigenvalue weighted by Crippen LogP contribution is 2.44. The SMILES string of the molecule is CS(=O)(=O)N1CCC2(CC1)SCCN2C(=O)/C=C/c1ccccc1. The molecule has 0 atom stereocenters. The summed E-state index contributed by atoms with van der Waals surface area (Å²) in [7, 11) is -3.15. The van der Waals surface area contributed by atoms with Crippen molar-refractivity contribution in [2.24, 2.45) is 0 Å². The first-order valence-electron chi connectivity index (χ1n) is 8.05. The largest absolute Gasteiger partial charge is 0.324 e. The van der Waals surface area contributed by atoms with Gasteiger partial charge in [0.1, 0.15) is 0 Å². The lowest BCUT2D eigenvalue weighted by Crippen LogP contribution is -2.53. The molecule has 1 aromatic rings. The van der Waals surface area contributed by atoms with Gasteiger partial charge in [0.15, 0.2) is 0 Å². The molecule has 2 heterocycles. The third-order valence-corrected chi connectivity index (χ3v) is 7.49. The van der Waals surface area contributed by atoms with E-state index in [4.69, 9.17) is 0 Å². The van der Waals surface area contributed by atoms with Crippen LogP contribution in [0.25, 0.3) is 6.08 Å². The first-order valence-corrected chi connectivity index (χ1v) is 10.9. The summed E-state index contributed by atoms with van der Waals surface area (Å²) in [6, 6.07) is 9.75. The van der Waals surface area contributed by atoms with Crippen molar-refractivity contribution in [2.75, 3.05) is 31.6 Å². The molecule has 0 N–H and O–H groups in total. The molecule has 5 nitrogen and oxygen atoms in total. The number of rotatable bonds is 3. The Hall–Kier alpha value is -1.31. The minimum absolute atomic E-state index is 0.0108. The fourth-order valence-corrected chi connectivity index (χ4v) is 5.63. The molecule has 2 aliphatic rings. The molecular formula is C17H22N2O3S2. The number of piperidine rings is 1. The minimum atomic E-state index is -3.15. The predicted molar refractivity (Wildman–Crippen MR) is 98.0 cm³/mol. The van der Waals surface area contributed by atoms with Crippen LogP contribution in [0.3, 0.4) is 0 Å². The van der Waals surface area contributed by atoms with Gasteiger partial charge >= 0.3 is 0 Å². The van der Waals surface area contributed by atoms with Crippen LogP contribution in [0.5, 0.6) is 0 Å². The molecule has 3 rings (SSSR count). The molecular weight excluding hydrogens is 344 g/mol. The van der Waals surface area contributed by atoms with E-state index in [2.05, 4.69) is 0 Å². The van der Waals surface area contributed by atoms with Crippen LogP contribution < -0.4 is 0 Å². The average Bonchev–Trinajstić information content (AvgIpc) is 2.96. The van der Waals surface area contributed by atoms with Crippen LogP contribution in [0.1, 0.15) is 18.4 Å². The van der Waals surface area contributed by atoms with E-state index in [9.17, 15) is 13.2 Å². The standard InChI is InChI=1S/C17H22N2O3S2/c1-24(21,22)18-11-9-17(10-12-18)19(13-14-23-17)16(20)8-7-15-5-3-2-4-6-15/h2-8H,9-14H2,1H3/b8-7+. The fraction of sp³-hybridized carbons (Fsp3) is 0.471. The maximum absolute atomic E-state index is 12.7. The number of hydrogen-bond donors (Lipinski definition) is 0. The summed E-state index contributed by atoms with van der Waals surface area (Å²) in [5.41, 5.74) is 0.999. The molecule has 1 amide bonds. The van der Waals surface area contributed by atoms with Crippen molar-refractivity contribution in [1.82, 2.24) is 9.21 Å².